The van der Waals surface area contributed by atoms with Gasteiger partial charge in [-0.1, -0.05) is 25.4 Å². The Morgan fingerprint density at radius 3 is 2.55 bits per heavy atom. The first-order chi connectivity index (χ1) is 9.31. The van der Waals surface area contributed by atoms with E-state index in [1.165, 1.54) is 25.1 Å². The number of esters is 1. The van der Waals surface area contributed by atoms with E-state index in [0.29, 0.717) is 17.5 Å². The van der Waals surface area contributed by atoms with Gasteiger partial charge < -0.3 is 15.2 Å². The summed E-state index contributed by atoms with van der Waals surface area (Å²) in [6.07, 6.45) is -0.934. The lowest BCUT2D eigenvalue weighted by molar-refractivity contribution is -0.129. The maximum absolute atomic E-state index is 11.8. The van der Waals surface area contributed by atoms with E-state index >= 15 is 0 Å². The molecule has 0 bridgehead atoms. The van der Waals surface area contributed by atoms with Crippen molar-refractivity contribution in [2.75, 3.05) is 6.54 Å². The quantitative estimate of drug-likeness (QED) is 0.818. The van der Waals surface area contributed by atoms with Gasteiger partial charge in [0.25, 0.3) is 5.91 Å². The highest BCUT2D eigenvalue weighted by molar-refractivity contribution is 6.30. The Bertz CT molecular complexity index is 502. The van der Waals surface area contributed by atoms with Crippen LogP contribution in [-0.2, 0) is 9.53 Å². The van der Waals surface area contributed by atoms with Crippen LogP contribution in [0.4, 0.5) is 0 Å². The molecule has 110 valence electrons. The third-order valence-corrected chi connectivity index (χ3v) is 2.75. The van der Waals surface area contributed by atoms with Gasteiger partial charge in [-0.2, -0.15) is 0 Å². The van der Waals surface area contributed by atoms with Crippen molar-refractivity contribution in [2.45, 2.75) is 26.9 Å². The number of carbonyl (C=O) groups excluding carboxylic acids is 2. The predicted octanol–water partition coefficient (Wildman–Crippen LogP) is 2.36. The van der Waals surface area contributed by atoms with Crippen molar-refractivity contribution >= 4 is 23.5 Å². The van der Waals surface area contributed by atoms with Gasteiger partial charge in [-0.15, -0.1) is 0 Å². The second kappa shape index (κ2) is 7.14. The zero-order valence-corrected chi connectivity index (χ0v) is 12.4. The van der Waals surface area contributed by atoms with Crippen LogP contribution >= 0.6 is 11.6 Å². The molecule has 6 heteroatoms. The molecular weight excluding hydrogens is 282 g/mol. The molecule has 5 nitrogen and oxygen atoms in total. The van der Waals surface area contributed by atoms with Crippen molar-refractivity contribution in [1.82, 2.24) is 5.32 Å². The van der Waals surface area contributed by atoms with Crippen LogP contribution in [0.15, 0.2) is 18.2 Å². The molecule has 0 saturated heterocycles. The van der Waals surface area contributed by atoms with Crippen LogP contribution in [0.2, 0.25) is 5.02 Å². The van der Waals surface area contributed by atoms with Gasteiger partial charge >= 0.3 is 5.97 Å². The van der Waals surface area contributed by atoms with Crippen LogP contribution in [-0.4, -0.2) is 29.6 Å². The smallest absolute Gasteiger partial charge is 0.342 e. The number of phenolic OH excluding ortho intramolecular Hbond substituents is 1. The van der Waals surface area contributed by atoms with E-state index in [-0.39, 0.29) is 17.2 Å². The molecule has 0 radical (unpaired) electrons. The van der Waals surface area contributed by atoms with Crippen LogP contribution in [0.3, 0.4) is 0 Å². The number of halogens is 1. The lowest BCUT2D eigenvalue weighted by atomic mass is 10.2. The Hall–Kier alpha value is -1.75. The minimum Gasteiger partial charge on any atom is -0.507 e. The molecule has 0 fully saturated rings. The maximum atomic E-state index is 11.8. The normalized spacial score (nSPS) is 12.1. The molecule has 2 N–H and O–H groups in total. The van der Waals surface area contributed by atoms with Gasteiger partial charge in [0.15, 0.2) is 6.10 Å². The fourth-order valence-electron chi connectivity index (χ4n) is 1.40. The van der Waals surface area contributed by atoms with Crippen molar-refractivity contribution in [1.29, 1.82) is 0 Å². The molecular formula is C14H18ClNO4. The number of hydrogen-bond acceptors (Lipinski definition) is 4. The van der Waals surface area contributed by atoms with Gasteiger partial charge in [-0.25, -0.2) is 4.79 Å². The van der Waals surface area contributed by atoms with Gasteiger partial charge in [0.1, 0.15) is 11.3 Å². The minimum atomic E-state index is -0.934. The first-order valence-electron chi connectivity index (χ1n) is 6.28. The summed E-state index contributed by atoms with van der Waals surface area (Å²) in [6, 6.07) is 4.04. The van der Waals surface area contributed by atoms with E-state index in [9.17, 15) is 14.7 Å². The van der Waals surface area contributed by atoms with E-state index in [4.69, 9.17) is 16.3 Å². The highest BCUT2D eigenvalue weighted by atomic mass is 35.5. The average molecular weight is 300 g/mol. The lowest BCUT2D eigenvalue weighted by Gasteiger charge is -2.15. The van der Waals surface area contributed by atoms with Crippen LogP contribution in [0, 0.1) is 5.92 Å². The predicted molar refractivity (Wildman–Crippen MR) is 75.8 cm³/mol. The average Bonchev–Trinajstić information content (AvgIpc) is 2.35. The number of carbonyl (C=O) groups is 2. The lowest BCUT2D eigenvalue weighted by Crippen LogP contribution is -2.37. The van der Waals surface area contributed by atoms with Gasteiger partial charge in [0, 0.05) is 11.6 Å². The second-order valence-corrected chi connectivity index (χ2v) is 5.28. The summed E-state index contributed by atoms with van der Waals surface area (Å²) in [5.74, 6) is -1.12. The number of amides is 1. The summed E-state index contributed by atoms with van der Waals surface area (Å²) in [5.41, 5.74) is -0.0297. The molecule has 0 heterocycles. The van der Waals surface area contributed by atoms with E-state index < -0.39 is 12.1 Å². The molecule has 0 saturated carbocycles. The first-order valence-corrected chi connectivity index (χ1v) is 6.66. The highest BCUT2D eigenvalue weighted by Crippen LogP contribution is 2.22. The third kappa shape index (κ3) is 4.74. The summed E-state index contributed by atoms with van der Waals surface area (Å²) < 4.78 is 5.00. The monoisotopic (exact) mass is 299 g/mol. The fraction of sp³-hybridized carbons (Fsp3) is 0.429. The van der Waals surface area contributed by atoms with Crippen LogP contribution in [0.25, 0.3) is 0 Å². The molecule has 1 aromatic rings. The molecule has 0 spiro atoms. The molecule has 0 aromatic heterocycles. The van der Waals surface area contributed by atoms with Crippen LogP contribution < -0.4 is 5.32 Å². The molecule has 20 heavy (non-hydrogen) atoms. The van der Waals surface area contributed by atoms with Crippen molar-refractivity contribution in [3.63, 3.8) is 0 Å². The van der Waals surface area contributed by atoms with Gasteiger partial charge in [0.2, 0.25) is 0 Å². The fourth-order valence-corrected chi connectivity index (χ4v) is 1.57. The number of hydrogen-bond donors (Lipinski definition) is 2. The summed E-state index contributed by atoms with van der Waals surface area (Å²) in [5, 5.41) is 12.6. The van der Waals surface area contributed by atoms with Gasteiger partial charge in [0.05, 0.1) is 0 Å². The zero-order valence-electron chi connectivity index (χ0n) is 11.6. The standard InChI is InChI=1S/C14H18ClNO4/c1-8(2)7-16-13(18)9(3)20-14(19)11-5-4-10(15)6-12(11)17/h4-6,8-9,17H,7H2,1-3H3,(H,16,18)/t9-/m1/s1. The Morgan fingerprint density at radius 2 is 2.00 bits per heavy atom. The van der Waals surface area contributed by atoms with E-state index in [1.807, 2.05) is 13.8 Å². The largest absolute Gasteiger partial charge is 0.507 e. The van der Waals surface area contributed by atoms with Crippen LogP contribution in [0.5, 0.6) is 5.75 Å². The first kappa shape index (κ1) is 16.3. The molecule has 0 unspecified atom stereocenters. The Labute approximate surface area is 122 Å². The van der Waals surface area contributed by atoms with Crippen molar-refractivity contribution in [2.24, 2.45) is 5.92 Å². The van der Waals surface area contributed by atoms with E-state index in [0.717, 1.165) is 0 Å². The summed E-state index contributed by atoms with van der Waals surface area (Å²) in [4.78, 5) is 23.5. The number of rotatable bonds is 5. The van der Waals surface area contributed by atoms with Gasteiger partial charge in [-0.3, -0.25) is 4.79 Å². The molecule has 0 aliphatic carbocycles. The van der Waals surface area contributed by atoms with Crippen molar-refractivity contribution < 1.29 is 19.4 Å². The number of phenols is 1. The summed E-state index contributed by atoms with van der Waals surface area (Å²) in [7, 11) is 0. The summed E-state index contributed by atoms with van der Waals surface area (Å²) >= 11 is 5.67. The molecule has 1 atom stereocenters. The maximum Gasteiger partial charge on any atom is 0.342 e. The number of ether oxygens (including phenoxy) is 1. The van der Waals surface area contributed by atoms with E-state index in [2.05, 4.69) is 5.32 Å². The Kier molecular flexibility index (Phi) is 5.82. The SMILES string of the molecule is CC(C)CNC(=O)[C@@H](C)OC(=O)c1ccc(Cl)cc1O. The van der Waals surface area contributed by atoms with Crippen LogP contribution in [0.1, 0.15) is 31.1 Å². The Morgan fingerprint density at radius 1 is 1.35 bits per heavy atom. The molecule has 1 rings (SSSR count). The van der Waals surface area contributed by atoms with Crippen molar-refractivity contribution in [3.8, 4) is 5.75 Å². The van der Waals surface area contributed by atoms with Gasteiger partial charge in [-0.05, 0) is 31.0 Å². The number of aromatic hydroxyl groups is 1. The highest BCUT2D eigenvalue weighted by Gasteiger charge is 2.20. The van der Waals surface area contributed by atoms with Crippen molar-refractivity contribution in [3.05, 3.63) is 28.8 Å². The zero-order chi connectivity index (χ0) is 15.3. The summed E-state index contributed by atoms with van der Waals surface area (Å²) in [6.45, 7) is 5.90. The molecule has 0 aliphatic heterocycles. The molecule has 1 amide bonds. The second-order valence-electron chi connectivity index (χ2n) is 4.85. The Balaban J connectivity index is 2.63. The topological polar surface area (TPSA) is 75.6 Å². The number of benzene rings is 1. The molecule has 0 aliphatic rings. The molecule has 1 aromatic carbocycles. The number of nitrogens with one attached hydrogen (secondary N) is 1. The minimum absolute atomic E-state index is 0.0297. The third-order valence-electron chi connectivity index (χ3n) is 2.52. The van der Waals surface area contributed by atoms with E-state index in [1.54, 1.807) is 0 Å².